The molecule has 39 heavy (non-hydrogen) atoms. The summed E-state index contributed by atoms with van der Waals surface area (Å²) >= 11 is 5.83. The quantitative estimate of drug-likeness (QED) is 0.393. The van der Waals surface area contributed by atoms with Gasteiger partial charge in [0.25, 0.3) is 5.91 Å². The zero-order valence-electron chi connectivity index (χ0n) is 20.8. The van der Waals surface area contributed by atoms with E-state index < -0.39 is 23.3 Å². The van der Waals surface area contributed by atoms with Crippen LogP contribution in [-0.2, 0) is 15.7 Å². The van der Waals surface area contributed by atoms with E-state index in [1.807, 2.05) is 11.0 Å². The lowest BCUT2D eigenvalue weighted by atomic mass is 9.94. The Balaban J connectivity index is 1.49. The van der Waals surface area contributed by atoms with Crippen LogP contribution in [0.5, 0.6) is 0 Å². The summed E-state index contributed by atoms with van der Waals surface area (Å²) in [6, 6.07) is 8.98. The van der Waals surface area contributed by atoms with Crippen LogP contribution in [0.1, 0.15) is 47.8 Å². The molecule has 1 saturated heterocycles. The largest absolute Gasteiger partial charge is 0.466 e. The Morgan fingerprint density at radius 3 is 2.51 bits per heavy atom. The standard InChI is InChI=1S/C26H24ClF3N6O3/c1-16(37)39-11-8-17-6-9-35(10-7-17)24-18(13-31)12-20(14-32-24)34-25(38)22-15-33-36(23(22)26(28,29)30)21-4-2-19(27)3-5-21/h2-5,12,14-15,17H,6-11H2,1H3,(H,34,38). The van der Waals surface area contributed by atoms with Crippen LogP contribution in [0.2, 0.25) is 5.02 Å². The lowest BCUT2D eigenvalue weighted by Crippen LogP contribution is -2.35. The molecular formula is C26H24ClF3N6O3. The minimum Gasteiger partial charge on any atom is -0.466 e. The van der Waals surface area contributed by atoms with Crippen LogP contribution in [0, 0.1) is 17.2 Å². The summed E-state index contributed by atoms with van der Waals surface area (Å²) in [7, 11) is 0. The summed E-state index contributed by atoms with van der Waals surface area (Å²) < 4.78 is 47.5. The molecule has 0 bridgehead atoms. The fourth-order valence-electron chi connectivity index (χ4n) is 4.43. The average Bonchev–Trinajstić information content (AvgIpc) is 3.36. The molecule has 0 saturated carbocycles. The number of carbonyl (C=O) groups excluding carboxylic acids is 2. The van der Waals surface area contributed by atoms with Gasteiger partial charge in [0.15, 0.2) is 5.69 Å². The van der Waals surface area contributed by atoms with Crippen LogP contribution in [0.3, 0.4) is 0 Å². The molecule has 3 aromatic rings. The number of ether oxygens (including phenoxy) is 1. The first kappa shape index (κ1) is 27.9. The fraction of sp³-hybridized carbons (Fsp3) is 0.346. The third-order valence-electron chi connectivity index (χ3n) is 6.34. The number of benzene rings is 1. The minimum absolute atomic E-state index is 0.0731. The van der Waals surface area contributed by atoms with E-state index in [0.29, 0.717) is 41.1 Å². The van der Waals surface area contributed by atoms with Crippen molar-refractivity contribution < 1.29 is 27.5 Å². The van der Waals surface area contributed by atoms with Crippen molar-refractivity contribution in [2.75, 3.05) is 29.9 Å². The number of esters is 1. The number of alkyl halides is 3. The van der Waals surface area contributed by atoms with E-state index in [1.54, 1.807) is 0 Å². The number of hydrogen-bond acceptors (Lipinski definition) is 7. The van der Waals surface area contributed by atoms with E-state index in [1.165, 1.54) is 43.5 Å². The Hall–Kier alpha value is -4.11. The Morgan fingerprint density at radius 2 is 1.90 bits per heavy atom. The molecule has 0 atom stereocenters. The molecule has 1 fully saturated rings. The lowest BCUT2D eigenvalue weighted by molar-refractivity contribution is -0.143. The van der Waals surface area contributed by atoms with Crippen LogP contribution in [0.15, 0.2) is 42.7 Å². The third-order valence-corrected chi connectivity index (χ3v) is 6.60. The molecule has 9 nitrogen and oxygen atoms in total. The van der Waals surface area contributed by atoms with Crippen molar-refractivity contribution in [3.63, 3.8) is 0 Å². The molecule has 0 spiro atoms. The summed E-state index contributed by atoms with van der Waals surface area (Å²) in [5, 5.41) is 16.2. The summed E-state index contributed by atoms with van der Waals surface area (Å²) in [6.07, 6.45) is -0.337. The second-order valence-electron chi connectivity index (χ2n) is 9.01. The molecule has 1 aromatic carbocycles. The normalized spacial score (nSPS) is 14.1. The molecule has 1 amide bonds. The Kier molecular flexibility index (Phi) is 8.40. The maximum Gasteiger partial charge on any atom is 0.434 e. The van der Waals surface area contributed by atoms with Gasteiger partial charge < -0.3 is 15.0 Å². The molecule has 2 aromatic heterocycles. The van der Waals surface area contributed by atoms with Crippen LogP contribution in [0.4, 0.5) is 24.7 Å². The Bertz CT molecular complexity index is 1390. The predicted molar refractivity (Wildman–Crippen MR) is 137 cm³/mol. The molecule has 204 valence electrons. The summed E-state index contributed by atoms with van der Waals surface area (Å²) in [4.78, 5) is 30.1. The van der Waals surface area contributed by atoms with E-state index in [-0.39, 0.29) is 22.9 Å². The van der Waals surface area contributed by atoms with Gasteiger partial charge in [-0.15, -0.1) is 0 Å². The van der Waals surface area contributed by atoms with E-state index in [2.05, 4.69) is 15.4 Å². The zero-order valence-corrected chi connectivity index (χ0v) is 21.6. The first-order valence-electron chi connectivity index (χ1n) is 12.1. The Morgan fingerprint density at radius 1 is 1.21 bits per heavy atom. The number of nitriles is 1. The van der Waals surface area contributed by atoms with E-state index in [0.717, 1.165) is 25.5 Å². The molecule has 3 heterocycles. The van der Waals surface area contributed by atoms with Gasteiger partial charge in [0.05, 0.1) is 41.5 Å². The highest BCUT2D eigenvalue weighted by Gasteiger charge is 2.40. The first-order valence-corrected chi connectivity index (χ1v) is 12.5. The molecule has 1 aliphatic rings. The average molecular weight is 561 g/mol. The number of halogens is 4. The van der Waals surface area contributed by atoms with Gasteiger partial charge >= 0.3 is 12.1 Å². The SMILES string of the molecule is CC(=O)OCCC1CCN(c2ncc(NC(=O)c3cnn(-c4ccc(Cl)cc4)c3C(F)(F)F)cc2C#N)CC1. The first-order chi connectivity index (χ1) is 18.6. The van der Waals surface area contributed by atoms with E-state index >= 15 is 0 Å². The third kappa shape index (κ3) is 6.67. The summed E-state index contributed by atoms with van der Waals surface area (Å²) in [6.45, 7) is 3.01. The van der Waals surface area contributed by atoms with Crippen molar-refractivity contribution in [1.29, 1.82) is 5.26 Å². The summed E-state index contributed by atoms with van der Waals surface area (Å²) in [5.41, 5.74) is -1.60. The van der Waals surface area contributed by atoms with Crippen molar-refractivity contribution in [1.82, 2.24) is 14.8 Å². The predicted octanol–water partition coefficient (Wildman–Crippen LogP) is 5.23. The van der Waals surface area contributed by atoms with Crippen LogP contribution < -0.4 is 10.2 Å². The second kappa shape index (κ2) is 11.7. The van der Waals surface area contributed by atoms with Crippen molar-refractivity contribution in [3.8, 4) is 11.8 Å². The molecule has 0 aliphatic carbocycles. The molecule has 4 rings (SSSR count). The highest BCUT2D eigenvalue weighted by Crippen LogP contribution is 2.34. The van der Waals surface area contributed by atoms with Crippen LogP contribution in [-0.4, -0.2) is 46.3 Å². The zero-order chi connectivity index (χ0) is 28.2. The molecule has 0 radical (unpaired) electrons. The van der Waals surface area contributed by atoms with Gasteiger partial charge in [-0.05, 0) is 55.5 Å². The number of aromatic nitrogens is 3. The van der Waals surface area contributed by atoms with Crippen LogP contribution >= 0.6 is 11.6 Å². The molecule has 0 unspecified atom stereocenters. The van der Waals surface area contributed by atoms with Crippen molar-refractivity contribution >= 4 is 35.0 Å². The molecule has 1 aliphatic heterocycles. The molecular weight excluding hydrogens is 537 g/mol. The Labute approximate surface area is 227 Å². The van der Waals surface area contributed by atoms with Gasteiger partial charge in [-0.25, -0.2) is 9.67 Å². The number of piperidine rings is 1. The van der Waals surface area contributed by atoms with Gasteiger partial charge in [-0.3, -0.25) is 9.59 Å². The van der Waals surface area contributed by atoms with Crippen LogP contribution in [0.25, 0.3) is 5.69 Å². The monoisotopic (exact) mass is 560 g/mol. The van der Waals surface area contributed by atoms with Gasteiger partial charge in [0.1, 0.15) is 11.9 Å². The topological polar surface area (TPSA) is 113 Å². The number of amides is 1. The van der Waals surface area contributed by atoms with Gasteiger partial charge in [0.2, 0.25) is 0 Å². The number of hydrogen-bond donors (Lipinski definition) is 1. The number of nitrogens with one attached hydrogen (secondary N) is 1. The van der Waals surface area contributed by atoms with Crippen molar-refractivity contribution in [3.05, 3.63) is 64.6 Å². The van der Waals surface area contributed by atoms with Gasteiger partial charge in [-0.2, -0.15) is 23.5 Å². The van der Waals surface area contributed by atoms with Crippen molar-refractivity contribution in [2.24, 2.45) is 5.92 Å². The number of nitrogens with zero attached hydrogens (tertiary/aromatic N) is 5. The number of rotatable bonds is 7. The molecule has 13 heteroatoms. The van der Waals surface area contributed by atoms with Crippen molar-refractivity contribution in [2.45, 2.75) is 32.4 Å². The summed E-state index contributed by atoms with van der Waals surface area (Å²) in [5.74, 6) is -0.552. The fourth-order valence-corrected chi connectivity index (χ4v) is 4.55. The number of pyridine rings is 1. The number of anilines is 2. The second-order valence-corrected chi connectivity index (χ2v) is 9.45. The smallest absolute Gasteiger partial charge is 0.434 e. The maximum absolute atomic E-state index is 14.0. The van der Waals surface area contributed by atoms with Gasteiger partial charge in [-0.1, -0.05) is 11.6 Å². The van der Waals surface area contributed by atoms with E-state index in [9.17, 15) is 28.0 Å². The number of carbonyl (C=O) groups is 2. The lowest BCUT2D eigenvalue weighted by Gasteiger charge is -2.33. The highest BCUT2D eigenvalue weighted by atomic mass is 35.5. The minimum atomic E-state index is -4.88. The maximum atomic E-state index is 14.0. The van der Waals surface area contributed by atoms with E-state index in [4.69, 9.17) is 16.3 Å². The van der Waals surface area contributed by atoms with Gasteiger partial charge in [0, 0.05) is 25.0 Å². The molecule has 1 N–H and O–H groups in total. The highest BCUT2D eigenvalue weighted by molar-refractivity contribution is 6.30.